The molecule has 4 aromatic rings. The van der Waals surface area contributed by atoms with Gasteiger partial charge in [-0.3, -0.25) is 10.1 Å². The lowest BCUT2D eigenvalue weighted by atomic mass is 10.00. The maximum absolute atomic E-state index is 12.4. The number of anilines is 2. The molecule has 39 heavy (non-hydrogen) atoms. The van der Waals surface area contributed by atoms with Crippen LogP contribution in [0.2, 0.25) is 0 Å². The fraction of sp³-hybridized carbons (Fsp3) is 0.120. The number of hydrogen-bond acceptors (Lipinski definition) is 10. The van der Waals surface area contributed by atoms with Crippen molar-refractivity contribution in [2.45, 2.75) is 0 Å². The predicted molar refractivity (Wildman–Crippen MR) is 140 cm³/mol. The van der Waals surface area contributed by atoms with E-state index in [1.54, 1.807) is 36.4 Å². The minimum Gasteiger partial charge on any atom is -0.497 e. The Morgan fingerprint density at radius 3 is 2.08 bits per heavy atom. The lowest BCUT2D eigenvalue weighted by Crippen LogP contribution is -2.35. The number of carboxylic acid groups (broad SMARTS) is 1. The number of carboxylic acids is 1. The molecule has 0 atom stereocenters. The van der Waals surface area contributed by atoms with Crippen molar-refractivity contribution in [2.75, 3.05) is 30.5 Å². The van der Waals surface area contributed by atoms with E-state index >= 15 is 0 Å². The molecule has 0 saturated carbocycles. The number of benzene rings is 2. The predicted octanol–water partition coefficient (Wildman–Crippen LogP) is 3.93. The number of nitro groups is 2. The number of nitrogens with one attached hydrogen (secondary N) is 1. The monoisotopic (exact) mass is 531 g/mol. The van der Waals surface area contributed by atoms with Gasteiger partial charge in [-0.1, -0.05) is 11.1 Å². The van der Waals surface area contributed by atoms with Gasteiger partial charge in [-0.15, -0.1) is 0 Å². The zero-order valence-electron chi connectivity index (χ0n) is 20.4. The van der Waals surface area contributed by atoms with Crippen LogP contribution < -0.4 is 15.1 Å². The summed E-state index contributed by atoms with van der Waals surface area (Å²) in [6.45, 7) is -0.107. The van der Waals surface area contributed by atoms with Crippen LogP contribution in [0.15, 0.2) is 72.9 Å². The van der Waals surface area contributed by atoms with Crippen LogP contribution in [0, 0.1) is 20.2 Å². The third-order valence-electron chi connectivity index (χ3n) is 5.56. The van der Waals surface area contributed by atoms with Crippen LogP contribution in [-0.4, -0.2) is 56.2 Å². The lowest BCUT2D eigenvalue weighted by Gasteiger charge is -2.16. The van der Waals surface area contributed by atoms with E-state index in [0.717, 1.165) is 5.01 Å². The summed E-state index contributed by atoms with van der Waals surface area (Å²) in [7, 11) is 1.50. The Hall–Kier alpha value is -5.66. The number of aromatic nitrogens is 3. The normalized spacial score (nSPS) is 10.5. The average Bonchev–Trinajstić information content (AvgIpc) is 2.95. The lowest BCUT2D eigenvalue weighted by molar-refractivity contribution is -0.494. The second-order valence-electron chi connectivity index (χ2n) is 7.93. The Labute approximate surface area is 220 Å². The number of ether oxygens (including phenoxy) is 1. The quantitative estimate of drug-likeness (QED) is 0.210. The van der Waals surface area contributed by atoms with E-state index in [-0.39, 0.29) is 47.5 Å². The molecular weight excluding hydrogens is 510 g/mol. The molecule has 0 aliphatic carbocycles. The van der Waals surface area contributed by atoms with E-state index in [4.69, 9.17) is 4.74 Å². The van der Waals surface area contributed by atoms with Crippen LogP contribution in [0.1, 0.15) is 10.4 Å². The van der Waals surface area contributed by atoms with Crippen molar-refractivity contribution in [3.63, 3.8) is 0 Å². The number of carbonyl (C=O) groups is 1. The highest BCUT2D eigenvalue weighted by Crippen LogP contribution is 2.33. The van der Waals surface area contributed by atoms with Gasteiger partial charge >= 0.3 is 5.97 Å². The summed E-state index contributed by atoms with van der Waals surface area (Å²) in [6, 6.07) is 16.6. The van der Waals surface area contributed by atoms with Gasteiger partial charge in [0.05, 0.1) is 23.4 Å². The molecule has 2 N–H and O–H groups in total. The molecule has 0 unspecified atom stereocenters. The number of nitrogens with zero attached hydrogens (tertiary/aromatic N) is 6. The van der Waals surface area contributed by atoms with Crippen molar-refractivity contribution >= 4 is 23.4 Å². The maximum atomic E-state index is 12.4. The van der Waals surface area contributed by atoms with E-state index in [1.807, 2.05) is 0 Å². The van der Waals surface area contributed by atoms with E-state index in [9.17, 15) is 30.1 Å². The molecule has 0 saturated heterocycles. The van der Waals surface area contributed by atoms with E-state index in [0.29, 0.717) is 16.9 Å². The largest absolute Gasteiger partial charge is 0.497 e. The molecule has 0 fully saturated rings. The summed E-state index contributed by atoms with van der Waals surface area (Å²) in [5.74, 6) is -0.621. The van der Waals surface area contributed by atoms with Gasteiger partial charge in [-0.2, -0.15) is 0 Å². The SMILES string of the molecule is COc1ccc(-c2nc(NCCN(c3ccccn3)[N+](=O)[O-])nc(-c3ccc([N+](=O)[O-])cc3)c2C(=O)O)cc1. The first kappa shape index (κ1) is 26.4. The second kappa shape index (κ2) is 11.6. The number of pyridine rings is 1. The minimum absolute atomic E-state index is 0.00323. The first-order valence-electron chi connectivity index (χ1n) is 11.4. The van der Waals surface area contributed by atoms with Gasteiger partial charge in [0, 0.05) is 36.0 Å². The number of aromatic carboxylic acids is 1. The van der Waals surface area contributed by atoms with Crippen molar-refractivity contribution in [1.82, 2.24) is 15.0 Å². The molecule has 2 aromatic carbocycles. The van der Waals surface area contributed by atoms with E-state index < -0.39 is 15.9 Å². The zero-order valence-corrected chi connectivity index (χ0v) is 20.4. The summed E-state index contributed by atoms with van der Waals surface area (Å²) in [4.78, 5) is 47.3. The Morgan fingerprint density at radius 1 is 0.974 bits per heavy atom. The molecule has 2 heterocycles. The average molecular weight is 531 g/mol. The van der Waals surface area contributed by atoms with Crippen LogP contribution >= 0.6 is 0 Å². The smallest absolute Gasteiger partial charge is 0.340 e. The minimum atomic E-state index is -1.31. The molecule has 0 bridgehead atoms. The summed E-state index contributed by atoms with van der Waals surface area (Å²) < 4.78 is 5.18. The van der Waals surface area contributed by atoms with Gasteiger partial charge in [0.1, 0.15) is 17.9 Å². The van der Waals surface area contributed by atoms with Crippen LogP contribution in [0.4, 0.5) is 17.5 Å². The number of hydrazine groups is 1. The summed E-state index contributed by atoms with van der Waals surface area (Å²) >= 11 is 0. The Balaban J connectivity index is 1.75. The Bertz CT molecular complexity index is 1500. The molecule has 4 rings (SSSR count). The molecule has 0 radical (unpaired) electrons. The fourth-order valence-corrected chi connectivity index (χ4v) is 3.71. The van der Waals surface area contributed by atoms with Crippen LogP contribution in [0.3, 0.4) is 0 Å². The first-order chi connectivity index (χ1) is 18.8. The van der Waals surface area contributed by atoms with Crippen molar-refractivity contribution in [3.8, 4) is 28.3 Å². The number of methoxy groups -OCH3 is 1. The molecule has 14 heteroatoms. The van der Waals surface area contributed by atoms with Crippen molar-refractivity contribution in [3.05, 3.63) is 98.7 Å². The second-order valence-corrected chi connectivity index (χ2v) is 7.93. The fourth-order valence-electron chi connectivity index (χ4n) is 3.71. The van der Waals surface area contributed by atoms with Crippen LogP contribution in [0.5, 0.6) is 5.75 Å². The summed E-state index contributed by atoms with van der Waals surface area (Å²) in [5.41, 5.74) is 0.442. The topological polar surface area (TPSA) is 187 Å². The molecule has 0 amide bonds. The van der Waals surface area contributed by atoms with Crippen molar-refractivity contribution in [1.29, 1.82) is 0 Å². The highest BCUT2D eigenvalue weighted by Gasteiger charge is 2.24. The van der Waals surface area contributed by atoms with E-state index in [2.05, 4.69) is 20.3 Å². The van der Waals surface area contributed by atoms with Crippen LogP contribution in [-0.2, 0) is 0 Å². The van der Waals surface area contributed by atoms with Gasteiger partial charge in [0.2, 0.25) is 5.95 Å². The standard InChI is InChI=1S/C25H21N7O7/c1-39-19-11-7-17(8-12-19)23-21(24(33)34)22(16-5-9-18(10-6-16)31(35)36)28-25(29-23)27-14-15-30(32(37)38)20-4-2-3-13-26-20/h2-13H,14-15H2,1H3,(H,33,34)(H,27,28,29). The Morgan fingerprint density at radius 2 is 1.59 bits per heavy atom. The van der Waals surface area contributed by atoms with Gasteiger partial charge in [0.25, 0.3) is 5.69 Å². The number of rotatable bonds is 11. The van der Waals surface area contributed by atoms with Gasteiger partial charge in [-0.25, -0.2) is 29.9 Å². The van der Waals surface area contributed by atoms with Gasteiger partial charge in [0.15, 0.2) is 10.9 Å². The van der Waals surface area contributed by atoms with E-state index in [1.165, 1.54) is 43.6 Å². The summed E-state index contributed by atoms with van der Waals surface area (Å²) in [5, 5.41) is 36.0. The molecule has 2 aromatic heterocycles. The van der Waals surface area contributed by atoms with Gasteiger partial charge < -0.3 is 15.2 Å². The molecule has 0 aliphatic rings. The highest BCUT2D eigenvalue weighted by molar-refractivity contribution is 6.01. The molecular formula is C25H21N7O7. The number of hydrogen-bond donors (Lipinski definition) is 2. The molecule has 14 nitrogen and oxygen atoms in total. The molecule has 0 aliphatic heterocycles. The van der Waals surface area contributed by atoms with Gasteiger partial charge in [-0.05, 0) is 48.5 Å². The maximum Gasteiger partial charge on any atom is 0.340 e. The number of nitro benzene ring substituents is 1. The van der Waals surface area contributed by atoms with Crippen molar-refractivity contribution < 1.29 is 24.6 Å². The summed E-state index contributed by atoms with van der Waals surface area (Å²) in [6.07, 6.45) is 1.44. The van der Waals surface area contributed by atoms with Crippen molar-refractivity contribution in [2.24, 2.45) is 0 Å². The third kappa shape index (κ3) is 6.02. The number of non-ortho nitro benzene ring substituents is 1. The molecule has 198 valence electrons. The highest BCUT2D eigenvalue weighted by atomic mass is 16.7. The zero-order chi connectivity index (χ0) is 27.9. The molecule has 0 spiro atoms. The Kier molecular flexibility index (Phi) is 7.85. The first-order valence-corrected chi connectivity index (χ1v) is 11.4. The van der Waals surface area contributed by atoms with Crippen LogP contribution in [0.25, 0.3) is 22.5 Å². The third-order valence-corrected chi connectivity index (χ3v) is 5.56.